The highest BCUT2D eigenvalue weighted by atomic mass is 15.2. The van der Waals surface area contributed by atoms with Crippen molar-refractivity contribution in [2.75, 3.05) is 11.4 Å². The monoisotopic (exact) mass is 187 g/mol. The molecule has 1 saturated carbocycles. The molecule has 14 heavy (non-hydrogen) atoms. The fraction of sp³-hybridized carbons (Fsp3) is 0.455. The Hall–Kier alpha value is -1.56. The molecule has 0 unspecified atom stereocenters. The molecule has 2 rings (SSSR count). The Morgan fingerprint density at radius 2 is 2.43 bits per heavy atom. The Kier molecular flexibility index (Phi) is 2.36. The van der Waals surface area contributed by atoms with Crippen molar-refractivity contribution >= 4 is 5.69 Å². The third kappa shape index (κ3) is 1.69. The molecular weight excluding hydrogens is 174 g/mol. The van der Waals surface area contributed by atoms with Crippen LogP contribution in [0.5, 0.6) is 0 Å². The van der Waals surface area contributed by atoms with Crippen molar-refractivity contribution in [2.45, 2.75) is 25.8 Å². The highest BCUT2D eigenvalue weighted by molar-refractivity contribution is 5.50. The van der Waals surface area contributed by atoms with Gasteiger partial charge in [-0.1, -0.05) is 0 Å². The summed E-state index contributed by atoms with van der Waals surface area (Å²) in [5.41, 5.74) is 1.63. The summed E-state index contributed by atoms with van der Waals surface area (Å²) in [6.45, 7) is 3.14. The van der Waals surface area contributed by atoms with Crippen LogP contribution in [0.4, 0.5) is 5.69 Å². The quantitative estimate of drug-likeness (QED) is 0.726. The molecule has 1 aromatic heterocycles. The predicted molar refractivity (Wildman–Crippen MR) is 55.0 cm³/mol. The summed E-state index contributed by atoms with van der Waals surface area (Å²) in [5.74, 6) is 0. The summed E-state index contributed by atoms with van der Waals surface area (Å²) in [6, 6.07) is 6.59. The molecular formula is C11H13N3. The molecule has 1 aliphatic carbocycles. The zero-order valence-corrected chi connectivity index (χ0v) is 8.27. The number of rotatable bonds is 3. The lowest BCUT2D eigenvalue weighted by atomic mass is 10.3. The van der Waals surface area contributed by atoms with Crippen molar-refractivity contribution in [3.05, 3.63) is 24.0 Å². The van der Waals surface area contributed by atoms with Crippen LogP contribution in [0.25, 0.3) is 0 Å². The standard InChI is InChI=1S/C11H13N3/c1-2-14(10-3-4-10)11-5-6-13-9(7-11)8-12/h5-7,10H,2-4H2,1H3. The van der Waals surface area contributed by atoms with E-state index in [4.69, 9.17) is 5.26 Å². The largest absolute Gasteiger partial charge is 0.369 e. The molecule has 0 aromatic carbocycles. The average Bonchev–Trinajstić information content (AvgIpc) is 3.04. The van der Waals surface area contributed by atoms with Crippen LogP contribution in [0.15, 0.2) is 18.3 Å². The van der Waals surface area contributed by atoms with Gasteiger partial charge in [-0.2, -0.15) is 5.26 Å². The smallest absolute Gasteiger partial charge is 0.142 e. The minimum atomic E-state index is 0.501. The molecule has 1 heterocycles. The van der Waals surface area contributed by atoms with E-state index in [0.29, 0.717) is 11.7 Å². The maximum atomic E-state index is 8.74. The van der Waals surface area contributed by atoms with E-state index in [1.807, 2.05) is 12.1 Å². The molecule has 0 amide bonds. The van der Waals surface area contributed by atoms with Gasteiger partial charge in [0.15, 0.2) is 0 Å². The van der Waals surface area contributed by atoms with E-state index in [1.54, 1.807) is 6.20 Å². The van der Waals surface area contributed by atoms with Crippen molar-refractivity contribution < 1.29 is 0 Å². The Labute approximate surface area is 84.0 Å². The van der Waals surface area contributed by atoms with Crippen LogP contribution in [-0.4, -0.2) is 17.6 Å². The number of pyridine rings is 1. The first-order valence-corrected chi connectivity index (χ1v) is 4.98. The summed E-state index contributed by atoms with van der Waals surface area (Å²) in [6.07, 6.45) is 4.26. The molecule has 3 heteroatoms. The van der Waals surface area contributed by atoms with Crippen LogP contribution in [0.3, 0.4) is 0 Å². The Bertz CT molecular complexity index is 363. The molecule has 1 aliphatic rings. The van der Waals surface area contributed by atoms with Gasteiger partial charge in [-0.25, -0.2) is 4.98 Å². The van der Waals surface area contributed by atoms with Crippen LogP contribution in [0.2, 0.25) is 0 Å². The van der Waals surface area contributed by atoms with Gasteiger partial charge in [0, 0.05) is 24.5 Å². The van der Waals surface area contributed by atoms with Gasteiger partial charge in [-0.05, 0) is 31.9 Å². The van der Waals surface area contributed by atoms with E-state index in [2.05, 4.69) is 22.9 Å². The summed E-state index contributed by atoms with van der Waals surface area (Å²) in [4.78, 5) is 6.30. The second-order valence-corrected chi connectivity index (χ2v) is 3.53. The highest BCUT2D eigenvalue weighted by Gasteiger charge is 2.28. The molecule has 3 nitrogen and oxygen atoms in total. The van der Waals surface area contributed by atoms with E-state index < -0.39 is 0 Å². The van der Waals surface area contributed by atoms with Gasteiger partial charge in [0.05, 0.1) is 0 Å². The molecule has 0 saturated heterocycles. The second-order valence-electron chi connectivity index (χ2n) is 3.53. The predicted octanol–water partition coefficient (Wildman–Crippen LogP) is 1.94. The molecule has 1 fully saturated rings. The van der Waals surface area contributed by atoms with Crippen LogP contribution < -0.4 is 4.90 Å². The van der Waals surface area contributed by atoms with Gasteiger partial charge in [-0.15, -0.1) is 0 Å². The number of hydrogen-bond acceptors (Lipinski definition) is 3. The fourth-order valence-corrected chi connectivity index (χ4v) is 1.70. The number of hydrogen-bond donors (Lipinski definition) is 0. The lowest BCUT2D eigenvalue weighted by molar-refractivity contribution is 0.824. The molecule has 1 aromatic rings. The number of nitrogens with zero attached hydrogens (tertiary/aromatic N) is 3. The van der Waals surface area contributed by atoms with Crippen molar-refractivity contribution in [2.24, 2.45) is 0 Å². The zero-order chi connectivity index (χ0) is 9.97. The lowest BCUT2D eigenvalue weighted by Gasteiger charge is -2.22. The van der Waals surface area contributed by atoms with Crippen LogP contribution in [0, 0.1) is 11.3 Å². The van der Waals surface area contributed by atoms with Crippen molar-refractivity contribution in [3.63, 3.8) is 0 Å². The Morgan fingerprint density at radius 1 is 1.64 bits per heavy atom. The summed E-state index contributed by atoms with van der Waals surface area (Å²) in [7, 11) is 0. The SMILES string of the molecule is CCN(c1ccnc(C#N)c1)C1CC1. The van der Waals surface area contributed by atoms with Gasteiger partial charge in [-0.3, -0.25) is 0 Å². The van der Waals surface area contributed by atoms with Crippen molar-refractivity contribution in [1.29, 1.82) is 5.26 Å². The summed E-state index contributed by atoms with van der Waals surface area (Å²) in [5, 5.41) is 8.74. The van der Waals surface area contributed by atoms with Crippen LogP contribution in [0.1, 0.15) is 25.5 Å². The normalized spacial score (nSPS) is 14.9. The van der Waals surface area contributed by atoms with Crippen LogP contribution >= 0.6 is 0 Å². The van der Waals surface area contributed by atoms with E-state index in [1.165, 1.54) is 12.8 Å². The van der Waals surface area contributed by atoms with Crippen LogP contribution in [-0.2, 0) is 0 Å². The van der Waals surface area contributed by atoms with E-state index in [0.717, 1.165) is 12.2 Å². The minimum Gasteiger partial charge on any atom is -0.369 e. The maximum Gasteiger partial charge on any atom is 0.142 e. The third-order valence-electron chi connectivity index (χ3n) is 2.52. The Morgan fingerprint density at radius 3 is 3.00 bits per heavy atom. The zero-order valence-electron chi connectivity index (χ0n) is 8.27. The van der Waals surface area contributed by atoms with Crippen molar-refractivity contribution in [3.8, 4) is 6.07 Å². The first-order chi connectivity index (χ1) is 6.85. The van der Waals surface area contributed by atoms with Gasteiger partial charge >= 0.3 is 0 Å². The maximum absolute atomic E-state index is 8.74. The molecule has 0 radical (unpaired) electrons. The van der Waals surface area contributed by atoms with Gasteiger partial charge in [0.2, 0.25) is 0 Å². The molecule has 0 spiro atoms. The van der Waals surface area contributed by atoms with Crippen molar-refractivity contribution in [1.82, 2.24) is 4.98 Å². The lowest BCUT2D eigenvalue weighted by Crippen LogP contribution is -2.24. The molecule has 0 N–H and O–H groups in total. The van der Waals surface area contributed by atoms with E-state index >= 15 is 0 Å². The number of anilines is 1. The minimum absolute atomic E-state index is 0.501. The molecule has 0 aliphatic heterocycles. The number of aromatic nitrogens is 1. The van der Waals surface area contributed by atoms with Gasteiger partial charge in [0.1, 0.15) is 11.8 Å². The molecule has 0 atom stereocenters. The van der Waals surface area contributed by atoms with E-state index in [-0.39, 0.29) is 0 Å². The Balaban J connectivity index is 2.25. The second kappa shape index (κ2) is 3.67. The van der Waals surface area contributed by atoms with E-state index in [9.17, 15) is 0 Å². The highest BCUT2D eigenvalue weighted by Crippen LogP contribution is 2.31. The number of nitriles is 1. The molecule has 0 bridgehead atoms. The molecule has 72 valence electrons. The first-order valence-electron chi connectivity index (χ1n) is 4.98. The summed E-state index contributed by atoms with van der Waals surface area (Å²) >= 11 is 0. The third-order valence-corrected chi connectivity index (χ3v) is 2.52. The average molecular weight is 187 g/mol. The topological polar surface area (TPSA) is 39.9 Å². The van der Waals surface area contributed by atoms with Gasteiger partial charge < -0.3 is 4.90 Å². The van der Waals surface area contributed by atoms with Gasteiger partial charge in [0.25, 0.3) is 0 Å². The first kappa shape index (κ1) is 9.01. The summed E-state index contributed by atoms with van der Waals surface area (Å²) < 4.78 is 0. The fourth-order valence-electron chi connectivity index (χ4n) is 1.70.